The number of benzene rings is 9. The lowest BCUT2D eigenvalue weighted by atomic mass is 9.90. The maximum Gasteiger partial charge on any atom is 0.261 e. The third-order valence-corrected chi connectivity index (χ3v) is 30.9. The summed E-state index contributed by atoms with van der Waals surface area (Å²) in [7, 11) is 0. The van der Waals surface area contributed by atoms with Crippen molar-refractivity contribution in [1.29, 1.82) is 0 Å². The van der Waals surface area contributed by atoms with Crippen LogP contribution in [-0.2, 0) is 0 Å². The minimum atomic E-state index is -0.202. The fraction of sp³-hybridized carbons (Fsp3) is 0.235. The Morgan fingerprint density at radius 3 is 0.686 bits per heavy atom. The van der Waals surface area contributed by atoms with Crippen LogP contribution in [-0.4, -0.2) is 69.8 Å². The van der Waals surface area contributed by atoms with Gasteiger partial charge in [0, 0.05) is 145 Å². The maximum atomic E-state index is 14.0. The van der Waals surface area contributed by atoms with Crippen molar-refractivity contribution in [2.75, 3.05) is 24.5 Å². The van der Waals surface area contributed by atoms with Gasteiger partial charge < -0.3 is 4.90 Å². The Balaban J connectivity index is 0.601. The van der Waals surface area contributed by atoms with Gasteiger partial charge in [-0.05, 0) is 214 Å². The lowest BCUT2D eigenvalue weighted by Gasteiger charge is -2.27. The maximum absolute atomic E-state index is 14.0. The largest absolute Gasteiger partial charge is 0.311 e. The predicted octanol–water partition coefficient (Wildman–Crippen LogP) is 29.9. The molecule has 0 bridgehead atoms. The average molecular weight is 1660 g/mol. The summed E-state index contributed by atoms with van der Waals surface area (Å²) in [4.78, 5) is 104. The van der Waals surface area contributed by atoms with Gasteiger partial charge in [0.05, 0.1) is 0 Å². The third-order valence-electron chi connectivity index (χ3n) is 23.6. The fourth-order valence-corrected chi connectivity index (χ4v) is 23.8. The number of carbonyl (C=O) groups excluding carboxylic acids is 6. The van der Waals surface area contributed by atoms with Crippen LogP contribution in [0.3, 0.4) is 0 Å². The molecule has 0 unspecified atom stereocenters. The SMILES string of the molecule is CCCCCCCCN1C(=O)c2cccc3c(-c4ccc(-c5ccc(-c6ccc(N(c7ccc(-c8ccc(-c9ccc(-c%10ccc%11c%12c(cccc%10%12)C(=O)N(CCCCCCCC)C%11=O)s9)s8)cc7)c7ccc(-c8ccc(-c9ccc(-c%10ccc%11c%12c(cccc%10%12)C(=O)N(CCCCCCCC)C%11=O)s9)s8)cc7)cc6)s5)s4)ccc(c23)C1=O. The summed E-state index contributed by atoms with van der Waals surface area (Å²) in [5.41, 5.74) is 13.0. The lowest BCUT2D eigenvalue weighted by Crippen LogP contribution is -2.40. The van der Waals surface area contributed by atoms with Gasteiger partial charge in [0.2, 0.25) is 0 Å². The second-order valence-corrected chi connectivity index (χ2v) is 37.7. The van der Waals surface area contributed by atoms with E-state index in [0.717, 1.165) is 199 Å². The van der Waals surface area contributed by atoms with Crippen molar-refractivity contribution in [1.82, 2.24) is 14.7 Å². The zero-order valence-electron chi connectivity index (χ0n) is 66.6. The topological polar surface area (TPSA) is 115 Å². The van der Waals surface area contributed by atoms with E-state index in [1.54, 1.807) is 68.0 Å². The quantitative estimate of drug-likeness (QED) is 0.0297. The fourth-order valence-electron chi connectivity index (χ4n) is 17.3. The third kappa shape index (κ3) is 15.2. The number of carbonyl (C=O) groups is 6. The van der Waals surface area contributed by atoms with Crippen molar-refractivity contribution in [3.05, 3.63) is 270 Å². The van der Waals surface area contributed by atoms with Crippen LogP contribution in [0, 0.1) is 0 Å². The summed E-state index contributed by atoms with van der Waals surface area (Å²) < 4.78 is 0. The zero-order chi connectivity index (χ0) is 80.5. The molecule has 3 aliphatic rings. The number of anilines is 3. The van der Waals surface area contributed by atoms with Gasteiger partial charge in [0.25, 0.3) is 35.4 Å². The number of imide groups is 3. The molecule has 6 aromatic heterocycles. The van der Waals surface area contributed by atoms with E-state index in [1.165, 1.54) is 72.5 Å². The lowest BCUT2D eigenvalue weighted by molar-refractivity contribution is 0.0592. The monoisotopic (exact) mass is 1660 g/mol. The van der Waals surface area contributed by atoms with E-state index in [0.29, 0.717) is 53.0 Å². The van der Waals surface area contributed by atoms with Gasteiger partial charge in [0.1, 0.15) is 0 Å². The van der Waals surface area contributed by atoms with E-state index >= 15 is 0 Å². The molecular weight excluding hydrogens is 1570 g/mol. The molecule has 0 spiro atoms. The summed E-state index contributed by atoms with van der Waals surface area (Å²) in [6, 6.07) is 82.5. The Hall–Kier alpha value is -10.8. The van der Waals surface area contributed by atoms with E-state index in [4.69, 9.17) is 0 Å². The highest BCUT2D eigenvalue weighted by atomic mass is 32.1. The molecule has 15 aromatic rings. The van der Waals surface area contributed by atoms with Gasteiger partial charge in [-0.3, -0.25) is 43.5 Å². The van der Waals surface area contributed by atoms with Crippen molar-refractivity contribution in [2.24, 2.45) is 0 Å². The molecule has 118 heavy (non-hydrogen) atoms. The molecule has 0 saturated heterocycles. The zero-order valence-corrected chi connectivity index (χ0v) is 71.5. The second kappa shape index (κ2) is 34.6. The van der Waals surface area contributed by atoms with E-state index in [-0.39, 0.29) is 35.4 Å². The van der Waals surface area contributed by atoms with E-state index in [1.807, 2.05) is 72.8 Å². The Morgan fingerprint density at radius 2 is 0.424 bits per heavy atom. The predicted molar refractivity (Wildman–Crippen MR) is 496 cm³/mol. The molecule has 9 aromatic carbocycles. The number of hydrogen-bond acceptors (Lipinski definition) is 13. The molecule has 0 N–H and O–H groups in total. The molecule has 16 heteroatoms. The molecule has 0 saturated carbocycles. The van der Waals surface area contributed by atoms with Crippen LogP contribution in [0.25, 0.3) is 124 Å². The van der Waals surface area contributed by atoms with Crippen molar-refractivity contribution in [3.8, 4) is 91.9 Å². The first-order valence-electron chi connectivity index (χ1n) is 41.9. The first kappa shape index (κ1) is 78.4. The minimum absolute atomic E-state index is 0.202. The molecule has 6 amide bonds. The molecule has 0 aliphatic carbocycles. The Bertz CT molecular complexity index is 5670. The smallest absolute Gasteiger partial charge is 0.261 e. The van der Waals surface area contributed by atoms with Gasteiger partial charge in [-0.1, -0.05) is 208 Å². The summed E-state index contributed by atoms with van der Waals surface area (Å²) >= 11 is 10.5. The summed E-state index contributed by atoms with van der Waals surface area (Å²) in [5, 5.41) is 5.01. The van der Waals surface area contributed by atoms with E-state index in [2.05, 4.69) is 189 Å². The standard InChI is InChI=1S/C102H90N4O6S6/c1-4-7-10-13-16-19-61-103-97(107)76-28-22-25-73-70(43-46-79(94(73)76)100(103)110)85-52-58-91(116-85)88-55-49-82(113-88)64-31-37-67(38-32-64)106(68-39-33-65(34-40-68)83-50-56-89(114-83)92-59-53-86(117-92)71-44-47-80-95-74(71)26-23-29-77(95)98(108)104(101(80)111)62-20-17-14-11-8-5-2)69-41-35-66(36-42-69)84-51-57-90(115-84)93-60-54-87(118-93)72-45-48-81-96-75(72)27-24-30-78(96)99(109)105(102(81)112)63-21-18-15-12-9-6-3/h22-60H,4-21,61-63H2,1-3H3. The molecule has 3 aliphatic heterocycles. The number of rotatable bonds is 33. The number of hydrogen-bond donors (Lipinski definition) is 0. The summed E-state index contributed by atoms with van der Waals surface area (Å²) in [6.45, 7) is 7.93. The summed E-state index contributed by atoms with van der Waals surface area (Å²) in [5.74, 6) is -1.21. The number of unbranched alkanes of at least 4 members (excludes halogenated alkanes) is 15. The molecule has 590 valence electrons. The highest BCUT2D eigenvalue weighted by molar-refractivity contribution is 7.26. The first-order valence-corrected chi connectivity index (χ1v) is 46.8. The van der Waals surface area contributed by atoms with Crippen LogP contribution in [0.2, 0.25) is 0 Å². The van der Waals surface area contributed by atoms with Crippen LogP contribution < -0.4 is 4.90 Å². The minimum Gasteiger partial charge on any atom is -0.311 e. The average Bonchev–Trinajstić information content (AvgIpc) is 0.816. The van der Waals surface area contributed by atoms with Gasteiger partial charge in [-0.2, -0.15) is 0 Å². The molecule has 9 heterocycles. The van der Waals surface area contributed by atoms with Crippen LogP contribution in [0.15, 0.2) is 237 Å². The van der Waals surface area contributed by atoms with E-state index < -0.39 is 0 Å². The first-order chi connectivity index (χ1) is 57.9. The molecule has 0 atom stereocenters. The van der Waals surface area contributed by atoms with Crippen LogP contribution >= 0.6 is 68.0 Å². The number of amides is 6. The molecular formula is C102H90N4O6S6. The van der Waals surface area contributed by atoms with Crippen LogP contribution in [0.1, 0.15) is 198 Å². The van der Waals surface area contributed by atoms with Crippen molar-refractivity contribution in [2.45, 2.75) is 136 Å². The van der Waals surface area contributed by atoms with Crippen molar-refractivity contribution < 1.29 is 28.8 Å². The van der Waals surface area contributed by atoms with Crippen molar-refractivity contribution in [3.63, 3.8) is 0 Å². The van der Waals surface area contributed by atoms with E-state index in [9.17, 15) is 28.8 Å². The van der Waals surface area contributed by atoms with Gasteiger partial charge >= 0.3 is 0 Å². The molecule has 0 fully saturated rings. The Morgan fingerprint density at radius 1 is 0.212 bits per heavy atom. The highest BCUT2D eigenvalue weighted by Gasteiger charge is 2.37. The van der Waals surface area contributed by atoms with Crippen molar-refractivity contribution >= 4 is 153 Å². The van der Waals surface area contributed by atoms with Crippen LogP contribution in [0.4, 0.5) is 17.1 Å². The second-order valence-electron chi connectivity index (χ2n) is 31.2. The normalized spacial score (nSPS) is 13.3. The Kier molecular flexibility index (Phi) is 23.0. The molecule has 18 rings (SSSR count). The van der Waals surface area contributed by atoms with Gasteiger partial charge in [-0.25, -0.2) is 0 Å². The highest BCUT2D eigenvalue weighted by Crippen LogP contribution is 2.50. The van der Waals surface area contributed by atoms with Gasteiger partial charge in [-0.15, -0.1) is 68.0 Å². The van der Waals surface area contributed by atoms with Gasteiger partial charge in [0.15, 0.2) is 0 Å². The van der Waals surface area contributed by atoms with Crippen LogP contribution in [0.5, 0.6) is 0 Å². The number of nitrogens with zero attached hydrogens (tertiary/aromatic N) is 4. The number of thiophene rings is 6. The molecule has 0 radical (unpaired) electrons. The Labute approximate surface area is 713 Å². The molecule has 10 nitrogen and oxygen atoms in total. The summed E-state index contributed by atoms with van der Waals surface area (Å²) in [6.07, 6.45) is 19.5.